The van der Waals surface area contributed by atoms with Crippen LogP contribution in [0.25, 0.3) is 0 Å². The minimum Gasteiger partial charge on any atom is -0.496 e. The molecule has 1 aromatic carbocycles. The van der Waals surface area contributed by atoms with Crippen LogP contribution in [0.5, 0.6) is 17.2 Å². The molecule has 0 aliphatic carbocycles. The number of piperidine rings is 1. The number of nitrogens with one attached hydrogen (secondary N) is 2. The molecule has 2 rings (SSSR count). The second-order valence-electron chi connectivity index (χ2n) is 6.97. The molecule has 2 N–H and O–H groups in total. The summed E-state index contributed by atoms with van der Waals surface area (Å²) in [4.78, 5) is 6.93. The lowest BCUT2D eigenvalue weighted by molar-refractivity contribution is 0.147. The van der Waals surface area contributed by atoms with Crippen LogP contribution in [-0.2, 0) is 6.54 Å². The van der Waals surface area contributed by atoms with Crippen molar-refractivity contribution in [2.75, 3.05) is 48.0 Å². The van der Waals surface area contributed by atoms with Crippen molar-refractivity contribution in [2.24, 2.45) is 4.99 Å². The number of likely N-dealkylation sites (tertiary alicyclic amines) is 1. The zero-order valence-electron chi connectivity index (χ0n) is 18.4. The summed E-state index contributed by atoms with van der Waals surface area (Å²) in [6, 6.07) is 4.49. The molecule has 1 aliphatic rings. The number of halogens is 1. The van der Waals surface area contributed by atoms with E-state index >= 15 is 0 Å². The number of methoxy groups -OCH3 is 3. The van der Waals surface area contributed by atoms with Gasteiger partial charge in [0.2, 0.25) is 0 Å². The highest BCUT2D eigenvalue weighted by Gasteiger charge is 2.20. The lowest BCUT2D eigenvalue weighted by atomic mass is 10.0. The van der Waals surface area contributed by atoms with E-state index in [1.54, 1.807) is 28.4 Å². The molecule has 1 saturated heterocycles. The summed E-state index contributed by atoms with van der Waals surface area (Å²) in [6.07, 6.45) is 5.22. The first kappa shape index (κ1) is 25.6. The highest BCUT2D eigenvalue weighted by Crippen LogP contribution is 2.34. The van der Waals surface area contributed by atoms with Crippen LogP contribution in [0.4, 0.5) is 0 Å². The second kappa shape index (κ2) is 13.7. The van der Waals surface area contributed by atoms with Crippen molar-refractivity contribution < 1.29 is 14.2 Å². The minimum absolute atomic E-state index is 0. The molecule has 0 amide bonds. The molecule has 1 heterocycles. The smallest absolute Gasteiger partial charge is 0.191 e. The number of nitrogens with zero attached hydrogens (tertiary/aromatic N) is 2. The highest BCUT2D eigenvalue weighted by molar-refractivity contribution is 14.0. The molecule has 1 atom stereocenters. The fourth-order valence-corrected chi connectivity index (χ4v) is 3.76. The van der Waals surface area contributed by atoms with Gasteiger partial charge in [-0.15, -0.1) is 24.0 Å². The van der Waals surface area contributed by atoms with Crippen molar-refractivity contribution in [3.05, 3.63) is 17.7 Å². The Kier molecular flexibility index (Phi) is 12.1. The third kappa shape index (κ3) is 7.40. The third-order valence-electron chi connectivity index (χ3n) is 5.37. The zero-order valence-corrected chi connectivity index (χ0v) is 20.7. The van der Waals surface area contributed by atoms with Crippen LogP contribution in [0, 0.1) is 0 Å². The van der Waals surface area contributed by atoms with E-state index in [9.17, 15) is 0 Å². The van der Waals surface area contributed by atoms with E-state index in [-0.39, 0.29) is 24.0 Å². The van der Waals surface area contributed by atoms with Crippen LogP contribution in [-0.4, -0.2) is 64.9 Å². The summed E-state index contributed by atoms with van der Waals surface area (Å²) in [6.45, 7) is 5.98. The van der Waals surface area contributed by atoms with Gasteiger partial charge in [0.25, 0.3) is 0 Å². The molecule has 0 saturated carbocycles. The average Bonchev–Trinajstić information content (AvgIpc) is 2.75. The van der Waals surface area contributed by atoms with Crippen molar-refractivity contribution in [1.82, 2.24) is 15.5 Å². The van der Waals surface area contributed by atoms with E-state index in [1.165, 1.54) is 32.2 Å². The number of hydrogen-bond donors (Lipinski definition) is 2. The summed E-state index contributed by atoms with van der Waals surface area (Å²) < 4.78 is 16.2. The number of hydrogen-bond acceptors (Lipinski definition) is 5. The van der Waals surface area contributed by atoms with Crippen LogP contribution in [0.3, 0.4) is 0 Å². The van der Waals surface area contributed by atoms with Gasteiger partial charge < -0.3 is 24.8 Å². The van der Waals surface area contributed by atoms with Crippen molar-refractivity contribution in [2.45, 2.75) is 45.2 Å². The van der Waals surface area contributed by atoms with Gasteiger partial charge in [0.15, 0.2) is 17.5 Å². The Morgan fingerprint density at radius 1 is 1.07 bits per heavy atom. The Hall–Kier alpha value is -1.42. The van der Waals surface area contributed by atoms with Gasteiger partial charge in [-0.3, -0.25) is 9.89 Å². The van der Waals surface area contributed by atoms with Gasteiger partial charge in [0.05, 0.1) is 21.3 Å². The fraction of sp³-hybridized carbons (Fsp3) is 0.667. The van der Waals surface area contributed by atoms with Crippen molar-refractivity contribution in [1.29, 1.82) is 0 Å². The number of guanidine groups is 1. The van der Waals surface area contributed by atoms with E-state index in [4.69, 9.17) is 14.2 Å². The molecule has 1 aliphatic heterocycles. The summed E-state index contributed by atoms with van der Waals surface area (Å²) in [7, 11) is 6.69. The molecule has 1 aromatic rings. The molecule has 29 heavy (non-hydrogen) atoms. The maximum Gasteiger partial charge on any atom is 0.191 e. The van der Waals surface area contributed by atoms with Crippen LogP contribution < -0.4 is 24.8 Å². The fourth-order valence-electron chi connectivity index (χ4n) is 3.76. The van der Waals surface area contributed by atoms with Gasteiger partial charge in [-0.1, -0.05) is 13.3 Å². The Morgan fingerprint density at radius 2 is 1.76 bits per heavy atom. The first-order valence-electron chi connectivity index (χ1n) is 10.1. The SMILES string of the molecule is CCC1CCCCN1CCNC(=NC)NCc1cc(OC)c(OC)cc1OC.I. The van der Waals surface area contributed by atoms with Crippen molar-refractivity contribution in [3.8, 4) is 17.2 Å². The molecular weight excluding hydrogens is 483 g/mol. The standard InChI is InChI=1S/C21H36N4O3.HI/c1-6-17-9-7-8-11-25(17)12-10-23-21(22-2)24-15-16-13-19(27-4)20(28-5)14-18(16)26-3;/h13-14,17H,6-12,15H2,1-5H3,(H2,22,23,24);1H. The van der Waals surface area contributed by atoms with Crippen molar-refractivity contribution in [3.63, 3.8) is 0 Å². The number of rotatable bonds is 9. The second-order valence-corrected chi connectivity index (χ2v) is 6.97. The van der Waals surface area contributed by atoms with E-state index in [0.717, 1.165) is 36.4 Å². The highest BCUT2D eigenvalue weighted by atomic mass is 127. The molecule has 0 aromatic heterocycles. The number of benzene rings is 1. The van der Waals surface area contributed by atoms with E-state index < -0.39 is 0 Å². The van der Waals surface area contributed by atoms with Crippen LogP contribution >= 0.6 is 24.0 Å². The third-order valence-corrected chi connectivity index (χ3v) is 5.37. The summed E-state index contributed by atoms with van der Waals surface area (Å²) in [5, 5.41) is 6.78. The molecule has 8 heteroatoms. The van der Waals surface area contributed by atoms with Gasteiger partial charge >= 0.3 is 0 Å². The molecule has 0 bridgehead atoms. The van der Waals surface area contributed by atoms with E-state index in [1.807, 2.05) is 12.1 Å². The quantitative estimate of drug-likeness (QED) is 0.296. The first-order valence-corrected chi connectivity index (χ1v) is 10.1. The average molecular weight is 520 g/mol. The molecule has 0 radical (unpaired) electrons. The van der Waals surface area contributed by atoms with Crippen LogP contribution in [0.2, 0.25) is 0 Å². The number of ether oxygens (including phenoxy) is 3. The van der Waals surface area contributed by atoms with Crippen molar-refractivity contribution >= 4 is 29.9 Å². The minimum atomic E-state index is 0. The maximum absolute atomic E-state index is 5.50. The maximum atomic E-state index is 5.50. The molecule has 1 fully saturated rings. The molecule has 1 unspecified atom stereocenters. The van der Waals surface area contributed by atoms with E-state index in [0.29, 0.717) is 18.0 Å². The molecule has 0 spiro atoms. The van der Waals surface area contributed by atoms with Gasteiger partial charge in [0.1, 0.15) is 5.75 Å². The summed E-state index contributed by atoms with van der Waals surface area (Å²) in [5.41, 5.74) is 0.977. The topological polar surface area (TPSA) is 67.4 Å². The van der Waals surface area contributed by atoms with Gasteiger partial charge in [-0.2, -0.15) is 0 Å². The van der Waals surface area contributed by atoms with Gasteiger partial charge in [-0.05, 0) is 31.9 Å². The number of aliphatic imine (C=N–C) groups is 1. The van der Waals surface area contributed by atoms with Crippen LogP contribution in [0.15, 0.2) is 17.1 Å². The lowest BCUT2D eigenvalue weighted by Gasteiger charge is -2.35. The van der Waals surface area contributed by atoms with Gasteiger partial charge in [-0.25, -0.2) is 0 Å². The molecular formula is C21H37IN4O3. The Morgan fingerprint density at radius 3 is 2.38 bits per heavy atom. The normalized spacial score (nSPS) is 17.3. The van der Waals surface area contributed by atoms with Crippen LogP contribution in [0.1, 0.15) is 38.2 Å². The predicted octanol–water partition coefficient (Wildman–Crippen LogP) is 3.26. The Labute approximate surface area is 192 Å². The summed E-state index contributed by atoms with van der Waals surface area (Å²) in [5.74, 6) is 2.86. The largest absolute Gasteiger partial charge is 0.496 e. The molecule has 7 nitrogen and oxygen atoms in total. The Bertz CT molecular complexity index is 643. The van der Waals surface area contributed by atoms with Gasteiger partial charge in [0, 0.05) is 44.4 Å². The lowest BCUT2D eigenvalue weighted by Crippen LogP contribution is -2.45. The summed E-state index contributed by atoms with van der Waals surface area (Å²) >= 11 is 0. The monoisotopic (exact) mass is 520 g/mol. The molecule has 166 valence electrons. The zero-order chi connectivity index (χ0) is 20.4. The van der Waals surface area contributed by atoms with E-state index in [2.05, 4.69) is 27.4 Å². The predicted molar refractivity (Wildman–Crippen MR) is 129 cm³/mol. The first-order chi connectivity index (χ1) is 13.7. The Balaban J connectivity index is 0.00000420.